The lowest BCUT2D eigenvalue weighted by molar-refractivity contribution is -0.159. The van der Waals surface area contributed by atoms with Gasteiger partial charge in [-0.15, -0.1) is 11.3 Å². The first-order chi connectivity index (χ1) is 13.9. The second kappa shape index (κ2) is 11.0. The maximum Gasteiger partial charge on any atom is 0.414 e. The number of hydrogen-bond donors (Lipinski definition) is 3. The summed E-state index contributed by atoms with van der Waals surface area (Å²) < 4.78 is 5.11. The molecule has 0 atom stereocenters. The van der Waals surface area contributed by atoms with Crippen LogP contribution in [0, 0.1) is 0 Å². The molecule has 0 spiro atoms. The van der Waals surface area contributed by atoms with E-state index in [0.717, 1.165) is 4.88 Å². The summed E-state index contributed by atoms with van der Waals surface area (Å²) in [6.07, 6.45) is 1.50. The van der Waals surface area contributed by atoms with Gasteiger partial charge in [-0.1, -0.05) is 6.07 Å². The fraction of sp³-hybridized carbons (Fsp3) is 0.333. The molecule has 1 aliphatic heterocycles. The van der Waals surface area contributed by atoms with Crippen LogP contribution in [-0.2, 0) is 16.1 Å². The monoisotopic (exact) mass is 423 g/mol. The number of aliphatic carboxylic acids is 2. The Morgan fingerprint density at radius 2 is 1.72 bits per heavy atom. The molecule has 11 heteroatoms. The zero-order valence-corrected chi connectivity index (χ0v) is 16.3. The Kier molecular flexibility index (Phi) is 8.37. The molecular weight excluding hydrogens is 402 g/mol. The van der Waals surface area contributed by atoms with E-state index in [1.165, 1.54) is 6.26 Å². The van der Waals surface area contributed by atoms with E-state index in [0.29, 0.717) is 45.0 Å². The third-order valence-corrected chi connectivity index (χ3v) is 4.88. The molecular formula is C18H21N3O7S. The van der Waals surface area contributed by atoms with Gasteiger partial charge in [0.05, 0.1) is 19.4 Å². The molecule has 0 aromatic carbocycles. The van der Waals surface area contributed by atoms with E-state index in [1.54, 1.807) is 28.4 Å². The van der Waals surface area contributed by atoms with E-state index in [-0.39, 0.29) is 11.8 Å². The standard InChI is InChI=1S/C16H19N3O3S.C2H2O4/c20-14(15-4-1-9-22-15)12-18-5-7-19(8-6-18)16(21)17-11-13-3-2-10-23-13;3-1(4)2(5)6/h1-4,9-10H,5-8,11-12H2,(H,17,21);(H,3,4)(H,5,6). The highest BCUT2D eigenvalue weighted by molar-refractivity contribution is 7.09. The summed E-state index contributed by atoms with van der Waals surface area (Å²) in [6, 6.07) is 7.32. The average Bonchev–Trinajstić information content (AvgIpc) is 3.41. The number of nitrogens with zero attached hydrogens (tertiary/aromatic N) is 2. The van der Waals surface area contributed by atoms with Gasteiger partial charge >= 0.3 is 18.0 Å². The van der Waals surface area contributed by atoms with Crippen LogP contribution in [0.3, 0.4) is 0 Å². The van der Waals surface area contributed by atoms with Crippen LogP contribution in [0.15, 0.2) is 40.3 Å². The Labute approximate surface area is 170 Å². The second-order valence-electron chi connectivity index (χ2n) is 6.01. The Balaban J connectivity index is 0.000000438. The summed E-state index contributed by atoms with van der Waals surface area (Å²) >= 11 is 1.63. The molecule has 3 heterocycles. The summed E-state index contributed by atoms with van der Waals surface area (Å²) in [5, 5.41) is 19.7. The largest absolute Gasteiger partial charge is 0.473 e. The number of carboxylic acid groups (broad SMARTS) is 2. The van der Waals surface area contributed by atoms with Crippen molar-refractivity contribution in [3.05, 3.63) is 46.5 Å². The first-order valence-corrected chi connectivity index (χ1v) is 9.55. The third-order valence-electron chi connectivity index (χ3n) is 4.00. The number of ketones is 1. The van der Waals surface area contributed by atoms with Crippen molar-refractivity contribution in [2.24, 2.45) is 0 Å². The molecule has 2 aromatic heterocycles. The van der Waals surface area contributed by atoms with Crippen molar-refractivity contribution in [1.82, 2.24) is 15.1 Å². The molecule has 1 aliphatic rings. The minimum Gasteiger partial charge on any atom is -0.473 e. The number of urea groups is 1. The van der Waals surface area contributed by atoms with Gasteiger partial charge in [0.15, 0.2) is 5.76 Å². The van der Waals surface area contributed by atoms with Crippen LogP contribution < -0.4 is 5.32 Å². The van der Waals surface area contributed by atoms with E-state index in [4.69, 9.17) is 24.2 Å². The van der Waals surface area contributed by atoms with Crippen molar-refractivity contribution in [3.63, 3.8) is 0 Å². The maximum atomic E-state index is 12.1. The number of furan rings is 1. The highest BCUT2D eigenvalue weighted by Gasteiger charge is 2.23. The Bertz CT molecular complexity index is 801. The summed E-state index contributed by atoms with van der Waals surface area (Å²) in [6.45, 7) is 3.53. The van der Waals surface area contributed by atoms with Crippen molar-refractivity contribution >= 4 is 35.1 Å². The molecule has 10 nitrogen and oxygen atoms in total. The highest BCUT2D eigenvalue weighted by Crippen LogP contribution is 2.09. The van der Waals surface area contributed by atoms with Gasteiger partial charge in [-0.3, -0.25) is 9.69 Å². The fourth-order valence-corrected chi connectivity index (χ4v) is 3.16. The number of Topliss-reactive ketones (excluding diaryl/α,β-unsaturated/α-hetero) is 1. The van der Waals surface area contributed by atoms with E-state index in [2.05, 4.69) is 5.32 Å². The highest BCUT2D eigenvalue weighted by atomic mass is 32.1. The van der Waals surface area contributed by atoms with Gasteiger partial charge < -0.3 is 24.8 Å². The van der Waals surface area contributed by atoms with Crippen molar-refractivity contribution in [2.75, 3.05) is 32.7 Å². The van der Waals surface area contributed by atoms with Crippen molar-refractivity contribution in [1.29, 1.82) is 0 Å². The number of thiophene rings is 1. The molecule has 0 radical (unpaired) electrons. The van der Waals surface area contributed by atoms with Gasteiger partial charge in [-0.25, -0.2) is 14.4 Å². The number of carbonyl (C=O) groups excluding carboxylic acids is 2. The molecule has 0 bridgehead atoms. The molecule has 0 aliphatic carbocycles. The molecule has 156 valence electrons. The van der Waals surface area contributed by atoms with Crippen LogP contribution in [0.25, 0.3) is 0 Å². The fourth-order valence-electron chi connectivity index (χ4n) is 2.52. The summed E-state index contributed by atoms with van der Waals surface area (Å²) in [5.41, 5.74) is 0. The van der Waals surface area contributed by atoms with Crippen LogP contribution in [0.1, 0.15) is 15.4 Å². The first kappa shape index (κ1) is 22.1. The Morgan fingerprint density at radius 1 is 1.03 bits per heavy atom. The summed E-state index contributed by atoms with van der Waals surface area (Å²) in [5.74, 6) is -3.28. The first-order valence-electron chi connectivity index (χ1n) is 8.67. The van der Waals surface area contributed by atoms with E-state index in [1.807, 2.05) is 22.4 Å². The predicted octanol–water partition coefficient (Wildman–Crippen LogP) is 1.21. The topological polar surface area (TPSA) is 140 Å². The van der Waals surface area contributed by atoms with Crippen LogP contribution in [-0.4, -0.2) is 76.5 Å². The van der Waals surface area contributed by atoms with Gasteiger partial charge in [0.2, 0.25) is 5.78 Å². The van der Waals surface area contributed by atoms with Crippen LogP contribution in [0.4, 0.5) is 4.79 Å². The van der Waals surface area contributed by atoms with Gasteiger partial charge in [0, 0.05) is 31.1 Å². The minimum atomic E-state index is -1.82. The van der Waals surface area contributed by atoms with Gasteiger partial charge in [-0.2, -0.15) is 0 Å². The molecule has 2 amide bonds. The number of nitrogens with one attached hydrogen (secondary N) is 1. The van der Waals surface area contributed by atoms with Crippen LogP contribution >= 0.6 is 11.3 Å². The average molecular weight is 423 g/mol. The van der Waals surface area contributed by atoms with E-state index >= 15 is 0 Å². The smallest absolute Gasteiger partial charge is 0.414 e. The normalized spacial score (nSPS) is 13.9. The summed E-state index contributed by atoms with van der Waals surface area (Å²) in [7, 11) is 0. The molecule has 0 saturated carbocycles. The molecule has 29 heavy (non-hydrogen) atoms. The Morgan fingerprint density at radius 3 is 2.24 bits per heavy atom. The number of carboxylic acids is 2. The molecule has 2 aromatic rings. The lowest BCUT2D eigenvalue weighted by atomic mass is 10.2. The molecule has 1 saturated heterocycles. The molecule has 3 N–H and O–H groups in total. The number of carbonyl (C=O) groups is 4. The van der Waals surface area contributed by atoms with Crippen LogP contribution in [0.5, 0.6) is 0 Å². The van der Waals surface area contributed by atoms with Gasteiger partial charge in [0.1, 0.15) is 0 Å². The molecule has 1 fully saturated rings. The maximum absolute atomic E-state index is 12.1. The predicted molar refractivity (Wildman–Crippen MR) is 103 cm³/mol. The third kappa shape index (κ3) is 7.39. The van der Waals surface area contributed by atoms with Crippen molar-refractivity contribution in [3.8, 4) is 0 Å². The van der Waals surface area contributed by atoms with Crippen LogP contribution in [0.2, 0.25) is 0 Å². The zero-order chi connectivity index (χ0) is 21.2. The quantitative estimate of drug-likeness (QED) is 0.481. The second-order valence-corrected chi connectivity index (χ2v) is 7.04. The number of piperazine rings is 1. The molecule has 0 unspecified atom stereocenters. The minimum absolute atomic E-state index is 0.0226. The van der Waals surface area contributed by atoms with Gasteiger partial charge in [0.25, 0.3) is 0 Å². The SMILES string of the molecule is O=C(CN1CCN(C(=O)NCc2cccs2)CC1)c1ccco1.O=C(O)C(=O)O. The zero-order valence-electron chi connectivity index (χ0n) is 15.4. The van der Waals surface area contributed by atoms with Crippen molar-refractivity contribution < 1.29 is 33.8 Å². The number of amides is 2. The van der Waals surface area contributed by atoms with E-state index < -0.39 is 11.9 Å². The lowest BCUT2D eigenvalue weighted by Gasteiger charge is -2.34. The van der Waals surface area contributed by atoms with Gasteiger partial charge in [-0.05, 0) is 23.6 Å². The van der Waals surface area contributed by atoms with E-state index in [9.17, 15) is 9.59 Å². The summed E-state index contributed by atoms with van der Waals surface area (Å²) in [4.78, 5) is 47.3. The Hall–Kier alpha value is -3.18. The number of hydrogen-bond acceptors (Lipinski definition) is 7. The lowest BCUT2D eigenvalue weighted by Crippen LogP contribution is -2.52. The number of rotatable bonds is 5. The van der Waals surface area contributed by atoms with Crippen molar-refractivity contribution in [2.45, 2.75) is 6.54 Å². The molecule has 3 rings (SSSR count).